The van der Waals surface area contributed by atoms with Gasteiger partial charge in [0.25, 0.3) is 5.24 Å². The number of alkyl halides is 3. The molecule has 74 valence electrons. The molecule has 1 rings (SSSR count). The molecule has 0 spiro atoms. The monoisotopic (exact) mass is 261 g/mol. The first kappa shape index (κ1) is 11.4. The molecular weight excluding hydrogens is 256 g/mol. The predicted molar refractivity (Wildman–Crippen MR) is 54.5 cm³/mol. The molecule has 7 heteroatoms. The molecule has 1 fully saturated rings. The van der Waals surface area contributed by atoms with Crippen molar-refractivity contribution in [3.63, 3.8) is 0 Å². The molecule has 1 aliphatic heterocycles. The summed E-state index contributed by atoms with van der Waals surface area (Å²) in [5.41, 5.74) is 0. The second-order valence-corrected chi connectivity index (χ2v) is 5.91. The highest BCUT2D eigenvalue weighted by molar-refractivity contribution is 8.14. The van der Waals surface area contributed by atoms with Gasteiger partial charge in [-0.2, -0.15) is 0 Å². The van der Waals surface area contributed by atoms with E-state index >= 15 is 0 Å². The van der Waals surface area contributed by atoms with Crippen LogP contribution in [-0.2, 0) is 4.79 Å². The zero-order valence-corrected chi connectivity index (χ0v) is 9.51. The van der Waals surface area contributed by atoms with Gasteiger partial charge in [-0.05, 0) is 0 Å². The van der Waals surface area contributed by atoms with E-state index in [1.165, 1.54) is 0 Å². The van der Waals surface area contributed by atoms with Gasteiger partial charge in [0.1, 0.15) is 0 Å². The van der Waals surface area contributed by atoms with E-state index in [0.717, 1.165) is 16.7 Å². The van der Waals surface area contributed by atoms with Crippen LogP contribution in [0.25, 0.3) is 0 Å². The number of thioether (sulfide) groups is 1. The Morgan fingerprint density at radius 1 is 1.38 bits per heavy atom. The van der Waals surface area contributed by atoms with Crippen molar-refractivity contribution in [1.29, 1.82) is 0 Å². The molecule has 0 aliphatic carbocycles. The molecule has 2 amide bonds. The number of carbonyl (C=O) groups is 2. The molecule has 0 bridgehead atoms. The van der Waals surface area contributed by atoms with Crippen molar-refractivity contribution in [1.82, 2.24) is 4.90 Å². The molecule has 0 aromatic rings. The molecule has 0 N–H and O–H groups in total. The Balaban J connectivity index is 2.45. The van der Waals surface area contributed by atoms with E-state index in [4.69, 9.17) is 34.8 Å². The summed E-state index contributed by atoms with van der Waals surface area (Å²) in [6.07, 6.45) is 0.162. The number of carbonyl (C=O) groups excluding carboxylic acids is 2. The summed E-state index contributed by atoms with van der Waals surface area (Å²) >= 11 is 17.4. The number of imide groups is 1. The van der Waals surface area contributed by atoms with Crippen LogP contribution >= 0.6 is 46.6 Å². The zero-order chi connectivity index (χ0) is 10.1. The van der Waals surface area contributed by atoms with E-state index in [9.17, 15) is 9.59 Å². The smallest absolute Gasteiger partial charge is 0.273 e. The summed E-state index contributed by atoms with van der Waals surface area (Å²) in [5, 5.41) is -0.265. The highest BCUT2D eigenvalue weighted by Gasteiger charge is 2.31. The van der Waals surface area contributed by atoms with Crippen LogP contribution in [0.4, 0.5) is 4.79 Å². The number of nitrogens with zero attached hydrogens (tertiary/aromatic N) is 1. The topological polar surface area (TPSA) is 37.4 Å². The highest BCUT2D eigenvalue weighted by atomic mass is 35.6. The van der Waals surface area contributed by atoms with Crippen LogP contribution in [-0.4, -0.2) is 32.1 Å². The molecule has 1 aliphatic rings. The van der Waals surface area contributed by atoms with Crippen molar-refractivity contribution in [3.05, 3.63) is 0 Å². The summed E-state index contributed by atoms with van der Waals surface area (Å²) < 4.78 is -1.41. The number of halogens is 3. The largest absolute Gasteiger partial charge is 0.288 e. The van der Waals surface area contributed by atoms with E-state index in [0.29, 0.717) is 0 Å². The molecule has 0 unspecified atom stereocenters. The average Bonchev–Trinajstić information content (AvgIpc) is 2.27. The van der Waals surface area contributed by atoms with Gasteiger partial charge in [0.05, 0.1) is 5.75 Å². The van der Waals surface area contributed by atoms with E-state index in [1.807, 2.05) is 0 Å². The molecule has 0 saturated carbocycles. The second-order valence-electron chi connectivity index (χ2n) is 2.47. The maximum absolute atomic E-state index is 11.1. The first-order valence-corrected chi connectivity index (χ1v) is 5.56. The summed E-state index contributed by atoms with van der Waals surface area (Å²) in [4.78, 5) is 23.2. The van der Waals surface area contributed by atoms with Gasteiger partial charge in [-0.3, -0.25) is 14.5 Å². The molecule has 1 heterocycles. The van der Waals surface area contributed by atoms with Gasteiger partial charge in [-0.1, -0.05) is 46.6 Å². The minimum absolute atomic E-state index is 0.162. The van der Waals surface area contributed by atoms with E-state index < -0.39 is 3.79 Å². The zero-order valence-electron chi connectivity index (χ0n) is 6.43. The van der Waals surface area contributed by atoms with Crippen molar-refractivity contribution in [3.8, 4) is 0 Å². The fourth-order valence-corrected chi connectivity index (χ4v) is 1.84. The van der Waals surface area contributed by atoms with Crippen LogP contribution in [0.5, 0.6) is 0 Å². The fraction of sp³-hybridized carbons (Fsp3) is 0.667. The van der Waals surface area contributed by atoms with Crippen LogP contribution in [0, 0.1) is 0 Å². The summed E-state index contributed by atoms with van der Waals surface area (Å²) in [6, 6.07) is 0. The van der Waals surface area contributed by atoms with Crippen molar-refractivity contribution in [2.24, 2.45) is 0 Å². The first-order chi connectivity index (χ1) is 5.90. The lowest BCUT2D eigenvalue weighted by Gasteiger charge is -2.16. The minimum atomic E-state index is -1.41. The molecule has 0 aromatic carbocycles. The molecule has 0 atom stereocenters. The van der Waals surface area contributed by atoms with E-state index in [1.54, 1.807) is 0 Å². The standard InChI is InChI=1S/C6H6Cl3NO2S/c7-6(8,9)1-2-10-4(11)3-13-5(10)12/h1-3H2. The normalized spacial score (nSPS) is 18.5. The summed E-state index contributed by atoms with van der Waals surface area (Å²) in [7, 11) is 0. The van der Waals surface area contributed by atoms with Gasteiger partial charge in [0, 0.05) is 13.0 Å². The second kappa shape index (κ2) is 4.26. The van der Waals surface area contributed by atoms with Gasteiger partial charge in [-0.15, -0.1) is 0 Å². The summed E-state index contributed by atoms with van der Waals surface area (Å²) in [6.45, 7) is 0.168. The first-order valence-electron chi connectivity index (χ1n) is 3.44. The Labute approximate surface area is 94.7 Å². The van der Waals surface area contributed by atoms with Gasteiger partial charge in [-0.25, -0.2) is 0 Å². The third kappa shape index (κ3) is 3.54. The molecular formula is C6H6Cl3NO2S. The maximum atomic E-state index is 11.1. The number of hydrogen-bond acceptors (Lipinski definition) is 3. The van der Waals surface area contributed by atoms with Crippen molar-refractivity contribution in [2.45, 2.75) is 10.2 Å². The third-order valence-electron chi connectivity index (χ3n) is 1.46. The van der Waals surface area contributed by atoms with Crippen LogP contribution in [0.3, 0.4) is 0 Å². The predicted octanol–water partition coefficient (Wildman–Crippen LogP) is 2.44. The van der Waals surface area contributed by atoms with Crippen LogP contribution in [0.15, 0.2) is 0 Å². The fourth-order valence-electron chi connectivity index (χ4n) is 0.836. The molecule has 0 radical (unpaired) electrons. The Bertz CT molecular complexity index is 225. The third-order valence-corrected chi connectivity index (χ3v) is 2.89. The quantitative estimate of drug-likeness (QED) is 0.717. The van der Waals surface area contributed by atoms with E-state index in [2.05, 4.69) is 0 Å². The van der Waals surface area contributed by atoms with Crippen LogP contribution in [0.2, 0.25) is 0 Å². The Morgan fingerprint density at radius 2 is 2.00 bits per heavy atom. The highest BCUT2D eigenvalue weighted by Crippen LogP contribution is 2.31. The number of hydrogen-bond donors (Lipinski definition) is 0. The molecule has 13 heavy (non-hydrogen) atoms. The lowest BCUT2D eigenvalue weighted by molar-refractivity contribution is -0.124. The van der Waals surface area contributed by atoms with Crippen molar-refractivity contribution < 1.29 is 9.59 Å². The van der Waals surface area contributed by atoms with Gasteiger partial charge in [0.15, 0.2) is 3.79 Å². The minimum Gasteiger partial charge on any atom is -0.273 e. The lowest BCUT2D eigenvalue weighted by atomic mass is 10.4. The van der Waals surface area contributed by atoms with Crippen molar-refractivity contribution >= 4 is 57.7 Å². The van der Waals surface area contributed by atoms with Gasteiger partial charge >= 0.3 is 0 Å². The van der Waals surface area contributed by atoms with Crippen LogP contribution in [0.1, 0.15) is 6.42 Å². The molecule has 1 saturated heterocycles. The van der Waals surface area contributed by atoms with E-state index in [-0.39, 0.29) is 29.9 Å². The number of amides is 2. The lowest BCUT2D eigenvalue weighted by Crippen LogP contribution is -2.31. The molecule has 0 aromatic heterocycles. The Kier molecular flexibility index (Phi) is 3.74. The van der Waals surface area contributed by atoms with Crippen LogP contribution < -0.4 is 0 Å². The SMILES string of the molecule is O=C1CSC(=O)N1CCC(Cl)(Cl)Cl. The van der Waals surface area contributed by atoms with Crippen molar-refractivity contribution in [2.75, 3.05) is 12.3 Å². The summed E-state index contributed by atoms with van der Waals surface area (Å²) in [5.74, 6) is -0.0251. The number of rotatable bonds is 2. The Morgan fingerprint density at radius 3 is 2.38 bits per heavy atom. The molecule has 3 nitrogen and oxygen atoms in total. The Hall–Kier alpha value is 0.360. The maximum Gasteiger partial charge on any atom is 0.288 e. The average molecular weight is 263 g/mol. The van der Waals surface area contributed by atoms with Gasteiger partial charge < -0.3 is 0 Å². The van der Waals surface area contributed by atoms with Gasteiger partial charge in [0.2, 0.25) is 5.91 Å².